The van der Waals surface area contributed by atoms with E-state index in [1.165, 1.54) is 29.5 Å². The highest BCUT2D eigenvalue weighted by Gasteiger charge is 2.24. The zero-order valence-corrected chi connectivity index (χ0v) is 11.2. The molecule has 0 bridgehead atoms. The lowest BCUT2D eigenvalue weighted by Gasteiger charge is -2.19. The van der Waals surface area contributed by atoms with Gasteiger partial charge in [-0.3, -0.25) is 4.79 Å². The summed E-state index contributed by atoms with van der Waals surface area (Å²) in [5, 5.41) is 0. The first-order valence-electron chi connectivity index (χ1n) is 6.96. The summed E-state index contributed by atoms with van der Waals surface area (Å²) in [4.78, 5) is 12.3. The molecule has 96 valence electrons. The van der Waals surface area contributed by atoms with Crippen LogP contribution in [0.15, 0.2) is 30.9 Å². The van der Waals surface area contributed by atoms with Gasteiger partial charge < -0.3 is 0 Å². The molecule has 1 aromatic carbocycles. The summed E-state index contributed by atoms with van der Waals surface area (Å²) in [5.41, 5.74) is 3.85. The molecule has 1 heteroatoms. The second kappa shape index (κ2) is 5.99. The molecule has 0 N–H and O–H groups in total. The van der Waals surface area contributed by atoms with E-state index in [9.17, 15) is 4.79 Å². The van der Waals surface area contributed by atoms with Gasteiger partial charge >= 0.3 is 0 Å². The topological polar surface area (TPSA) is 17.1 Å². The average Bonchev–Trinajstić information content (AvgIpc) is 2.57. The summed E-state index contributed by atoms with van der Waals surface area (Å²) in [6.07, 6.45) is 8.03. The average molecular weight is 242 g/mol. The quantitative estimate of drug-likeness (QED) is 0.569. The largest absolute Gasteiger partial charge is 0.299 e. The van der Waals surface area contributed by atoms with Gasteiger partial charge in [-0.15, -0.1) is 6.58 Å². The number of aryl methyl sites for hydroxylation is 1. The molecule has 0 heterocycles. The summed E-state index contributed by atoms with van der Waals surface area (Å²) in [7, 11) is 0. The smallest absolute Gasteiger partial charge is 0.140 e. The number of carbonyl (C=O) groups excluding carboxylic acids is 1. The second-order valence-electron chi connectivity index (χ2n) is 5.25. The molecule has 0 aliphatic heterocycles. The van der Waals surface area contributed by atoms with Crippen LogP contribution in [0.25, 0.3) is 0 Å². The van der Waals surface area contributed by atoms with E-state index < -0.39 is 0 Å². The molecule has 1 aliphatic rings. The molecule has 1 nitrogen and oxygen atoms in total. The number of hydrogen-bond acceptors (Lipinski definition) is 1. The van der Waals surface area contributed by atoms with Crippen molar-refractivity contribution in [3.63, 3.8) is 0 Å². The van der Waals surface area contributed by atoms with Crippen LogP contribution < -0.4 is 0 Å². The van der Waals surface area contributed by atoms with Crippen LogP contribution in [0.3, 0.4) is 0 Å². The Morgan fingerprint density at radius 2 is 2.17 bits per heavy atom. The molecule has 0 aromatic heterocycles. The molecule has 1 saturated carbocycles. The van der Waals surface area contributed by atoms with Crippen LogP contribution >= 0.6 is 0 Å². The predicted octanol–water partition coefficient (Wildman–Crippen LogP) is 4.34. The number of hydrogen-bond donors (Lipinski definition) is 0. The van der Waals surface area contributed by atoms with Crippen molar-refractivity contribution in [3.8, 4) is 0 Å². The lowest BCUT2D eigenvalue weighted by atomic mass is 9.85. The number of rotatable bonds is 3. The highest BCUT2D eigenvalue weighted by Crippen LogP contribution is 2.32. The molecule has 18 heavy (non-hydrogen) atoms. The Morgan fingerprint density at radius 1 is 1.33 bits per heavy atom. The molecule has 2 rings (SSSR count). The minimum Gasteiger partial charge on any atom is -0.299 e. The van der Waals surface area contributed by atoms with Gasteiger partial charge in [0.15, 0.2) is 0 Å². The van der Waals surface area contributed by atoms with Gasteiger partial charge in [-0.2, -0.15) is 0 Å². The van der Waals surface area contributed by atoms with Crippen LogP contribution in [0.5, 0.6) is 0 Å². The maximum Gasteiger partial charge on any atom is 0.140 e. The summed E-state index contributed by atoms with van der Waals surface area (Å²) in [5.74, 6) is 0.561. The van der Waals surface area contributed by atoms with Crippen molar-refractivity contribution >= 4 is 5.78 Å². The van der Waals surface area contributed by atoms with E-state index in [1.54, 1.807) is 0 Å². The molecule has 1 aliphatic carbocycles. The van der Waals surface area contributed by atoms with E-state index in [4.69, 9.17) is 0 Å². The molecule has 1 unspecified atom stereocenters. The van der Waals surface area contributed by atoms with Crippen molar-refractivity contribution in [1.29, 1.82) is 0 Å². The number of allylic oxidation sites excluding steroid dienone is 1. The fourth-order valence-electron chi connectivity index (χ4n) is 2.96. The molecule has 1 atom stereocenters. The highest BCUT2D eigenvalue weighted by atomic mass is 16.1. The Hall–Kier alpha value is -1.37. The maximum atomic E-state index is 12.3. The summed E-state index contributed by atoms with van der Waals surface area (Å²) in [6.45, 7) is 5.96. The Morgan fingerprint density at radius 3 is 2.94 bits per heavy atom. The molecule has 1 aromatic rings. The normalized spacial score (nSPS) is 20.5. The van der Waals surface area contributed by atoms with Crippen molar-refractivity contribution in [1.82, 2.24) is 0 Å². The number of carbonyl (C=O) groups is 1. The van der Waals surface area contributed by atoms with Crippen molar-refractivity contribution in [2.75, 3.05) is 0 Å². The third kappa shape index (κ3) is 2.72. The van der Waals surface area contributed by atoms with Gasteiger partial charge in [0.25, 0.3) is 0 Å². The minimum absolute atomic E-state index is 0.127. The van der Waals surface area contributed by atoms with E-state index in [0.717, 1.165) is 25.7 Å². The van der Waals surface area contributed by atoms with Crippen LogP contribution in [-0.4, -0.2) is 5.78 Å². The van der Waals surface area contributed by atoms with Crippen LogP contribution in [-0.2, 0) is 11.2 Å². The van der Waals surface area contributed by atoms with Crippen LogP contribution in [0.2, 0.25) is 0 Å². The zero-order valence-electron chi connectivity index (χ0n) is 11.2. The Bertz CT molecular complexity index is 445. The summed E-state index contributed by atoms with van der Waals surface area (Å²) in [6, 6.07) is 6.35. The second-order valence-corrected chi connectivity index (χ2v) is 5.25. The molecular formula is C17H22O. The number of Topliss-reactive ketones (excluding diaryl/α,β-unsaturated/α-hetero) is 1. The van der Waals surface area contributed by atoms with E-state index in [-0.39, 0.29) is 5.92 Å². The first-order valence-corrected chi connectivity index (χ1v) is 6.96. The fraction of sp³-hybridized carbons (Fsp3) is 0.471. The van der Waals surface area contributed by atoms with Gasteiger partial charge in [0.05, 0.1) is 0 Å². The zero-order chi connectivity index (χ0) is 13.0. The fourth-order valence-corrected chi connectivity index (χ4v) is 2.96. The van der Waals surface area contributed by atoms with Gasteiger partial charge in [-0.25, -0.2) is 0 Å². The van der Waals surface area contributed by atoms with E-state index >= 15 is 0 Å². The van der Waals surface area contributed by atoms with Gasteiger partial charge in [0.2, 0.25) is 0 Å². The number of benzene rings is 1. The molecule has 0 amide bonds. The first-order chi connectivity index (χ1) is 8.74. The van der Waals surface area contributed by atoms with E-state index in [1.807, 2.05) is 6.08 Å². The Balaban J connectivity index is 2.38. The third-order valence-corrected chi connectivity index (χ3v) is 3.97. The molecule has 0 saturated heterocycles. The Labute approximate surface area is 110 Å². The predicted molar refractivity (Wildman–Crippen MR) is 75.9 cm³/mol. The Kier molecular flexibility index (Phi) is 4.35. The lowest BCUT2D eigenvalue weighted by molar-refractivity contribution is -0.120. The van der Waals surface area contributed by atoms with Crippen molar-refractivity contribution in [3.05, 3.63) is 47.5 Å². The van der Waals surface area contributed by atoms with Crippen molar-refractivity contribution in [2.45, 2.75) is 51.4 Å². The van der Waals surface area contributed by atoms with E-state index in [0.29, 0.717) is 5.78 Å². The van der Waals surface area contributed by atoms with E-state index in [2.05, 4.69) is 31.7 Å². The molecular weight excluding hydrogens is 220 g/mol. The third-order valence-electron chi connectivity index (χ3n) is 3.97. The summed E-state index contributed by atoms with van der Waals surface area (Å²) >= 11 is 0. The van der Waals surface area contributed by atoms with Crippen LogP contribution in [0.4, 0.5) is 0 Å². The SMILES string of the molecule is C=CCc1c(C)cccc1C1CCCCCC1=O. The maximum absolute atomic E-state index is 12.3. The van der Waals surface area contributed by atoms with Gasteiger partial charge in [-0.05, 0) is 42.9 Å². The van der Waals surface area contributed by atoms with Gasteiger partial charge in [-0.1, -0.05) is 37.1 Å². The monoisotopic (exact) mass is 242 g/mol. The van der Waals surface area contributed by atoms with Gasteiger partial charge in [0.1, 0.15) is 5.78 Å². The first kappa shape index (κ1) is 13.1. The molecule has 1 fully saturated rings. The number of ketones is 1. The standard InChI is InChI=1S/C17H22O/c1-3-8-14-13(2)9-7-11-15(14)16-10-5-4-6-12-17(16)18/h3,7,9,11,16H,1,4-6,8,10,12H2,2H3. The van der Waals surface area contributed by atoms with Crippen molar-refractivity contribution in [2.24, 2.45) is 0 Å². The lowest BCUT2D eigenvalue weighted by Crippen LogP contribution is -2.13. The minimum atomic E-state index is 0.127. The van der Waals surface area contributed by atoms with Gasteiger partial charge in [0, 0.05) is 12.3 Å². The van der Waals surface area contributed by atoms with Crippen LogP contribution in [0.1, 0.15) is 54.7 Å². The summed E-state index contributed by atoms with van der Waals surface area (Å²) < 4.78 is 0. The van der Waals surface area contributed by atoms with Crippen molar-refractivity contribution < 1.29 is 4.79 Å². The van der Waals surface area contributed by atoms with Crippen LogP contribution in [0, 0.1) is 6.92 Å². The molecule has 0 radical (unpaired) electrons. The highest BCUT2D eigenvalue weighted by molar-refractivity contribution is 5.86. The molecule has 0 spiro atoms.